The van der Waals surface area contributed by atoms with E-state index in [0.717, 1.165) is 16.7 Å². The lowest BCUT2D eigenvalue weighted by molar-refractivity contribution is -0.142. The molecule has 2 aromatic rings. The SMILES string of the molecule is CNCC(C)(O)C[C@@H]1NC(=O)[C@@H]2Cc3c([nH]c4ccccc34)SC[C@H](NC(=O)[C@@H]([C@H](C)O)NC(=O)[C@H](C)NC1=O)C(=O)N1C[C@@H](O)C[C@H]1C(=O)N[C@@H](C)C(=O)N2. The lowest BCUT2D eigenvalue weighted by Crippen LogP contribution is -2.62. The van der Waals surface area contributed by atoms with E-state index in [2.05, 4.69) is 42.2 Å². The van der Waals surface area contributed by atoms with Crippen LogP contribution in [0, 0.1) is 0 Å². The molecular weight excluding hydrogens is 751 g/mol. The predicted molar refractivity (Wildman–Crippen MR) is 203 cm³/mol. The van der Waals surface area contributed by atoms with E-state index < -0.39 is 101 Å². The number of H-pyrrole nitrogens is 1. The van der Waals surface area contributed by atoms with Gasteiger partial charge in [0, 0.05) is 49.0 Å². The summed E-state index contributed by atoms with van der Waals surface area (Å²) in [6.07, 6.45) is -3.25. The van der Waals surface area contributed by atoms with Crippen LogP contribution in [0.4, 0.5) is 0 Å². The van der Waals surface area contributed by atoms with Crippen LogP contribution >= 0.6 is 11.8 Å². The third kappa shape index (κ3) is 9.78. The number of likely N-dealkylation sites (N-methyl/N-ethyl adjacent to an activating group) is 1. The maximum absolute atomic E-state index is 14.4. The van der Waals surface area contributed by atoms with Crippen molar-refractivity contribution < 1.29 is 48.9 Å². The molecule has 7 amide bonds. The molecule has 0 radical (unpaired) electrons. The van der Waals surface area contributed by atoms with Gasteiger partial charge in [-0.3, -0.25) is 33.6 Å². The first-order valence-corrected chi connectivity index (χ1v) is 19.5. The van der Waals surface area contributed by atoms with Gasteiger partial charge in [0.25, 0.3) is 0 Å². The number of para-hydroxylation sites is 1. The largest absolute Gasteiger partial charge is 0.391 e. The lowest BCUT2D eigenvalue weighted by Gasteiger charge is -2.31. The highest BCUT2D eigenvalue weighted by Crippen LogP contribution is 2.32. The second-order valence-corrected chi connectivity index (χ2v) is 16.0. The number of aliphatic hydroxyl groups is 3. The van der Waals surface area contributed by atoms with Gasteiger partial charge < -0.3 is 62.4 Å². The van der Waals surface area contributed by atoms with Crippen molar-refractivity contribution in [1.82, 2.24) is 47.1 Å². The number of aromatic amines is 1. The van der Waals surface area contributed by atoms with Crippen LogP contribution in [-0.4, -0.2) is 153 Å². The normalized spacial score (nSPS) is 30.4. The summed E-state index contributed by atoms with van der Waals surface area (Å²) in [6, 6.07) is -2.48. The van der Waals surface area contributed by atoms with E-state index in [1.807, 2.05) is 0 Å². The fraction of sp³-hybridized carbons (Fsp3) is 0.583. The Hall–Kier alpha value is -4.76. The Morgan fingerprint density at radius 1 is 0.875 bits per heavy atom. The zero-order chi connectivity index (χ0) is 41.1. The van der Waals surface area contributed by atoms with E-state index in [1.54, 1.807) is 31.3 Å². The van der Waals surface area contributed by atoms with Gasteiger partial charge in [-0.2, -0.15) is 0 Å². The zero-order valence-corrected chi connectivity index (χ0v) is 32.6. The Kier molecular flexibility index (Phi) is 13.3. The summed E-state index contributed by atoms with van der Waals surface area (Å²) in [5.74, 6) is -5.95. The second-order valence-electron chi connectivity index (χ2n) is 15.0. The van der Waals surface area contributed by atoms with Crippen LogP contribution < -0.4 is 37.2 Å². The van der Waals surface area contributed by atoms with Crippen LogP contribution in [-0.2, 0) is 40.0 Å². The van der Waals surface area contributed by atoms with Gasteiger partial charge in [0.1, 0.15) is 42.3 Å². The van der Waals surface area contributed by atoms with Crippen molar-refractivity contribution in [3.63, 3.8) is 0 Å². The van der Waals surface area contributed by atoms with E-state index in [9.17, 15) is 48.9 Å². The van der Waals surface area contributed by atoms with Crippen LogP contribution in [0.2, 0.25) is 0 Å². The molecule has 1 aromatic carbocycles. The quantitative estimate of drug-likeness (QED) is 0.140. The summed E-state index contributed by atoms with van der Waals surface area (Å²) in [5.41, 5.74) is -0.344. The zero-order valence-electron chi connectivity index (χ0n) is 31.8. The maximum atomic E-state index is 14.4. The number of hydrogen-bond acceptors (Lipinski definition) is 12. The van der Waals surface area contributed by atoms with Crippen molar-refractivity contribution in [2.24, 2.45) is 0 Å². The Labute approximate surface area is 327 Å². The number of carbonyl (C=O) groups is 7. The van der Waals surface area contributed by atoms with Crippen LogP contribution in [0.5, 0.6) is 0 Å². The van der Waals surface area contributed by atoms with Gasteiger partial charge in [0.05, 0.1) is 22.8 Å². The summed E-state index contributed by atoms with van der Waals surface area (Å²) >= 11 is 1.11. The molecular formula is C36H51N9O10S. The molecule has 1 saturated heterocycles. The van der Waals surface area contributed by atoms with E-state index in [0.29, 0.717) is 21.5 Å². The van der Waals surface area contributed by atoms with Crippen molar-refractivity contribution in [2.45, 2.75) is 112 Å². The highest BCUT2D eigenvalue weighted by molar-refractivity contribution is 7.99. The number of nitrogens with one attached hydrogen (secondary N) is 8. The van der Waals surface area contributed by atoms with Gasteiger partial charge in [-0.15, -0.1) is 11.8 Å². The molecule has 0 spiro atoms. The third-order valence-electron chi connectivity index (χ3n) is 10.1. The number of amides is 7. The molecule has 306 valence electrons. The molecule has 20 heteroatoms. The van der Waals surface area contributed by atoms with E-state index in [4.69, 9.17) is 0 Å². The van der Waals surface area contributed by atoms with Crippen molar-refractivity contribution in [1.29, 1.82) is 0 Å². The maximum Gasteiger partial charge on any atom is 0.246 e. The first kappa shape index (κ1) is 42.4. The molecule has 2 bridgehead atoms. The molecule has 5 rings (SSSR count). The number of nitrogens with zero attached hydrogens (tertiary/aromatic N) is 1. The average molecular weight is 802 g/mol. The van der Waals surface area contributed by atoms with E-state index >= 15 is 0 Å². The van der Waals surface area contributed by atoms with Crippen molar-refractivity contribution in [2.75, 3.05) is 25.9 Å². The molecule has 4 heterocycles. The van der Waals surface area contributed by atoms with Gasteiger partial charge in [-0.25, -0.2) is 0 Å². The summed E-state index contributed by atoms with van der Waals surface area (Å²) in [4.78, 5) is 102. The van der Waals surface area contributed by atoms with Gasteiger partial charge in [-0.05, 0) is 46.4 Å². The number of hydrogen-bond donors (Lipinski definition) is 11. The molecule has 1 aromatic heterocycles. The Morgan fingerprint density at radius 3 is 2.20 bits per heavy atom. The Bertz CT molecular complexity index is 1850. The summed E-state index contributed by atoms with van der Waals surface area (Å²) in [5, 5.41) is 51.9. The first-order valence-electron chi connectivity index (χ1n) is 18.5. The fourth-order valence-electron chi connectivity index (χ4n) is 7.13. The molecule has 56 heavy (non-hydrogen) atoms. The number of rotatable bonds is 5. The van der Waals surface area contributed by atoms with Gasteiger partial charge in [0.15, 0.2) is 0 Å². The minimum absolute atomic E-state index is 0.0140. The standard InChI is InChI=1S/C36H51N9O10S/c1-16-28(48)40-23-11-21-20-8-6-7-9-22(20)43-34(21)56-14-25(35(54)45-13-19(47)10-26(45)32(52)39-16)42-33(53)27(18(3)46)44-29(49)17(2)38-31(51)24(41-30(23)50)12-36(4,55)15-37-5/h6-9,16-19,23-27,37,43,46-47,55H,10-15H2,1-5H3,(H,38,51)(H,39,52)(H,40,48)(H,41,50)(H,42,53)(H,44,49)/t16-,17-,18-,19-,23-,24-,25-,26-,27+,36?/m0/s1. The summed E-state index contributed by atoms with van der Waals surface area (Å²) in [7, 11) is 1.59. The molecule has 0 saturated carbocycles. The highest BCUT2D eigenvalue weighted by atomic mass is 32.2. The Morgan fingerprint density at radius 2 is 1.52 bits per heavy atom. The lowest BCUT2D eigenvalue weighted by atomic mass is 9.95. The molecule has 1 unspecified atom stereocenters. The summed E-state index contributed by atoms with van der Waals surface area (Å²) < 4.78 is 0. The third-order valence-corrected chi connectivity index (χ3v) is 11.2. The number of fused-ring (bicyclic) bond motifs is 5. The Balaban J connectivity index is 1.68. The molecule has 19 nitrogen and oxygen atoms in total. The van der Waals surface area contributed by atoms with E-state index in [-0.39, 0.29) is 38.1 Å². The van der Waals surface area contributed by atoms with E-state index in [1.165, 1.54) is 27.7 Å². The minimum Gasteiger partial charge on any atom is -0.391 e. The monoisotopic (exact) mass is 801 g/mol. The number of benzene rings is 1. The highest BCUT2D eigenvalue weighted by Gasteiger charge is 2.44. The van der Waals surface area contributed by atoms with Crippen molar-refractivity contribution in [3.05, 3.63) is 29.8 Å². The first-order chi connectivity index (χ1) is 26.4. The van der Waals surface area contributed by atoms with Crippen molar-refractivity contribution >= 4 is 64.0 Å². The molecule has 10 atom stereocenters. The summed E-state index contributed by atoms with van der Waals surface area (Å²) in [6.45, 7) is 5.16. The predicted octanol–water partition coefficient (Wildman–Crippen LogP) is -3.52. The second kappa shape index (κ2) is 17.6. The topological polar surface area (TPSA) is 283 Å². The van der Waals surface area contributed by atoms with Crippen LogP contribution in [0.15, 0.2) is 29.3 Å². The number of carbonyl (C=O) groups excluding carboxylic acids is 7. The van der Waals surface area contributed by atoms with Gasteiger partial charge in [-0.1, -0.05) is 18.2 Å². The smallest absolute Gasteiger partial charge is 0.246 e. The molecule has 11 N–H and O–H groups in total. The molecule has 0 aliphatic carbocycles. The molecule has 1 fully saturated rings. The van der Waals surface area contributed by atoms with Gasteiger partial charge >= 0.3 is 0 Å². The minimum atomic E-state index is -1.62. The fourth-order valence-corrected chi connectivity index (χ4v) is 8.24. The van der Waals surface area contributed by atoms with Crippen LogP contribution in [0.1, 0.15) is 46.1 Å². The molecule has 3 aliphatic heterocycles. The van der Waals surface area contributed by atoms with Crippen LogP contribution in [0.25, 0.3) is 10.9 Å². The van der Waals surface area contributed by atoms with Crippen molar-refractivity contribution in [3.8, 4) is 0 Å². The molecule has 3 aliphatic rings. The number of thioether (sulfide) groups is 1. The number of aromatic nitrogens is 1. The average Bonchev–Trinajstić information content (AvgIpc) is 3.69. The van der Waals surface area contributed by atoms with Gasteiger partial charge in [0.2, 0.25) is 41.4 Å². The van der Waals surface area contributed by atoms with Crippen LogP contribution in [0.3, 0.4) is 0 Å². The number of aliphatic hydroxyl groups excluding tert-OH is 2.